The molecule has 0 atom stereocenters. The van der Waals surface area contributed by atoms with Gasteiger partial charge in [0.1, 0.15) is 11.5 Å². The number of benzene rings is 1. The van der Waals surface area contributed by atoms with Crippen LogP contribution in [-0.4, -0.2) is 20.1 Å². The first kappa shape index (κ1) is 10.9. The second kappa shape index (κ2) is 4.86. The summed E-state index contributed by atoms with van der Waals surface area (Å²) in [5.41, 5.74) is 0.262. The second-order valence-corrected chi connectivity index (χ2v) is 2.63. The van der Waals surface area contributed by atoms with E-state index in [4.69, 9.17) is 14.7 Å². The van der Waals surface area contributed by atoms with Gasteiger partial charge in [-0.05, 0) is 18.2 Å². The third-order valence-electron chi connectivity index (χ3n) is 1.82. The monoisotopic (exact) mass is 206 g/mol. The quantitative estimate of drug-likeness (QED) is 0.589. The zero-order valence-electron chi connectivity index (χ0n) is 8.40. The molecular formula is C10H10N2O3. The Balaban J connectivity index is 3.12. The second-order valence-electron chi connectivity index (χ2n) is 2.63. The fourth-order valence-corrected chi connectivity index (χ4v) is 1.11. The number of nitrogens with one attached hydrogen (secondary N) is 1. The number of nitrogens with zero attached hydrogens (tertiary/aromatic N) is 1. The Kier molecular flexibility index (Phi) is 3.52. The van der Waals surface area contributed by atoms with E-state index in [1.54, 1.807) is 18.3 Å². The summed E-state index contributed by atoms with van der Waals surface area (Å²) in [6, 6.07) is 4.78. The van der Waals surface area contributed by atoms with Crippen molar-refractivity contribution in [3.8, 4) is 17.7 Å². The third-order valence-corrected chi connectivity index (χ3v) is 1.82. The standard InChI is InChI=1S/C10H10N2O3/c1-14-7-3-4-9(15-2)8(5-7)10(13)12-6-11/h3-5H,1-2H3,(H,12,13). The first-order valence-electron chi connectivity index (χ1n) is 4.14. The predicted molar refractivity (Wildman–Crippen MR) is 52.6 cm³/mol. The van der Waals surface area contributed by atoms with Gasteiger partial charge in [0.15, 0.2) is 6.19 Å². The van der Waals surface area contributed by atoms with E-state index >= 15 is 0 Å². The van der Waals surface area contributed by atoms with Gasteiger partial charge < -0.3 is 9.47 Å². The maximum atomic E-state index is 11.4. The minimum Gasteiger partial charge on any atom is -0.497 e. The molecule has 0 saturated heterocycles. The Hall–Kier alpha value is -2.22. The lowest BCUT2D eigenvalue weighted by atomic mass is 10.2. The molecule has 0 spiro atoms. The highest BCUT2D eigenvalue weighted by Gasteiger charge is 2.12. The van der Waals surface area contributed by atoms with Gasteiger partial charge in [-0.15, -0.1) is 0 Å². The molecule has 1 aromatic carbocycles. The van der Waals surface area contributed by atoms with Gasteiger partial charge >= 0.3 is 0 Å². The Morgan fingerprint density at radius 3 is 2.67 bits per heavy atom. The molecule has 5 nitrogen and oxygen atoms in total. The maximum Gasteiger partial charge on any atom is 0.268 e. The lowest BCUT2D eigenvalue weighted by Crippen LogP contribution is -2.18. The fraction of sp³-hybridized carbons (Fsp3) is 0.200. The summed E-state index contributed by atoms with van der Waals surface area (Å²) in [5.74, 6) is 0.399. The van der Waals surface area contributed by atoms with Crippen molar-refractivity contribution in [2.24, 2.45) is 0 Å². The zero-order chi connectivity index (χ0) is 11.3. The molecule has 1 aromatic rings. The molecule has 15 heavy (non-hydrogen) atoms. The summed E-state index contributed by atoms with van der Waals surface area (Å²) in [4.78, 5) is 11.4. The van der Waals surface area contributed by atoms with Gasteiger partial charge in [-0.2, -0.15) is 5.26 Å². The average Bonchev–Trinajstić information content (AvgIpc) is 2.28. The Morgan fingerprint density at radius 1 is 1.40 bits per heavy atom. The van der Waals surface area contributed by atoms with Crippen LogP contribution in [0, 0.1) is 11.5 Å². The molecule has 0 heterocycles. The van der Waals surface area contributed by atoms with E-state index in [1.807, 2.05) is 5.32 Å². The van der Waals surface area contributed by atoms with Crippen LogP contribution in [0.3, 0.4) is 0 Å². The Bertz CT molecular complexity index is 410. The minimum atomic E-state index is -0.520. The van der Waals surface area contributed by atoms with E-state index in [1.165, 1.54) is 20.3 Å². The fourth-order valence-electron chi connectivity index (χ4n) is 1.11. The number of hydrogen-bond acceptors (Lipinski definition) is 4. The number of methoxy groups -OCH3 is 2. The van der Waals surface area contributed by atoms with Gasteiger partial charge in [-0.3, -0.25) is 10.1 Å². The van der Waals surface area contributed by atoms with Crippen LogP contribution in [0.5, 0.6) is 11.5 Å². The van der Waals surface area contributed by atoms with Crippen molar-refractivity contribution in [2.45, 2.75) is 0 Å². The summed E-state index contributed by atoms with van der Waals surface area (Å²) in [7, 11) is 2.94. The van der Waals surface area contributed by atoms with Crippen molar-refractivity contribution in [1.29, 1.82) is 5.26 Å². The van der Waals surface area contributed by atoms with E-state index < -0.39 is 5.91 Å². The summed E-state index contributed by atoms with van der Waals surface area (Å²) in [6.45, 7) is 0. The molecule has 5 heteroatoms. The SMILES string of the molecule is COc1ccc(OC)c(C(=O)NC#N)c1. The van der Waals surface area contributed by atoms with E-state index in [-0.39, 0.29) is 5.56 Å². The van der Waals surface area contributed by atoms with E-state index in [2.05, 4.69) is 0 Å². The van der Waals surface area contributed by atoms with Crippen LogP contribution in [0.25, 0.3) is 0 Å². The normalized spacial score (nSPS) is 8.87. The smallest absolute Gasteiger partial charge is 0.268 e. The number of amides is 1. The molecular weight excluding hydrogens is 196 g/mol. The molecule has 0 aliphatic carbocycles. The molecule has 0 aliphatic rings. The minimum absolute atomic E-state index is 0.262. The van der Waals surface area contributed by atoms with Crippen LogP contribution >= 0.6 is 0 Å². The molecule has 0 aromatic heterocycles. The predicted octanol–water partition coefficient (Wildman–Crippen LogP) is 0.915. The van der Waals surface area contributed by atoms with Gasteiger partial charge in [-0.25, -0.2) is 0 Å². The van der Waals surface area contributed by atoms with Gasteiger partial charge in [0.05, 0.1) is 19.8 Å². The molecule has 0 fully saturated rings. The molecule has 0 aliphatic heterocycles. The number of hydrogen-bond donors (Lipinski definition) is 1. The van der Waals surface area contributed by atoms with Crippen molar-refractivity contribution in [3.05, 3.63) is 23.8 Å². The van der Waals surface area contributed by atoms with Crippen molar-refractivity contribution in [1.82, 2.24) is 5.32 Å². The number of carbonyl (C=O) groups is 1. The van der Waals surface area contributed by atoms with E-state index in [0.29, 0.717) is 11.5 Å². The topological polar surface area (TPSA) is 71.3 Å². The zero-order valence-corrected chi connectivity index (χ0v) is 8.40. The Labute approximate surface area is 87.2 Å². The van der Waals surface area contributed by atoms with Gasteiger partial charge in [0.25, 0.3) is 5.91 Å². The molecule has 1 rings (SSSR count). The molecule has 0 bridgehead atoms. The molecule has 0 unspecified atom stereocenters. The van der Waals surface area contributed by atoms with Crippen molar-refractivity contribution >= 4 is 5.91 Å². The number of rotatable bonds is 3. The van der Waals surface area contributed by atoms with Crippen LogP contribution in [0.4, 0.5) is 0 Å². The van der Waals surface area contributed by atoms with Crippen molar-refractivity contribution in [3.63, 3.8) is 0 Å². The van der Waals surface area contributed by atoms with Crippen LogP contribution in [0.2, 0.25) is 0 Å². The van der Waals surface area contributed by atoms with Crippen LogP contribution in [0.1, 0.15) is 10.4 Å². The molecule has 78 valence electrons. The van der Waals surface area contributed by atoms with E-state index in [0.717, 1.165) is 0 Å². The first-order valence-corrected chi connectivity index (χ1v) is 4.14. The summed E-state index contributed by atoms with van der Waals surface area (Å²) < 4.78 is 9.95. The highest BCUT2D eigenvalue weighted by Crippen LogP contribution is 2.23. The van der Waals surface area contributed by atoms with Crippen molar-refractivity contribution < 1.29 is 14.3 Å². The summed E-state index contributed by atoms with van der Waals surface area (Å²) >= 11 is 0. The highest BCUT2D eigenvalue weighted by atomic mass is 16.5. The van der Waals surface area contributed by atoms with Crippen LogP contribution in [0.15, 0.2) is 18.2 Å². The Morgan fingerprint density at radius 2 is 2.13 bits per heavy atom. The van der Waals surface area contributed by atoms with Gasteiger partial charge in [-0.1, -0.05) is 0 Å². The number of carbonyl (C=O) groups excluding carboxylic acids is 1. The average molecular weight is 206 g/mol. The highest BCUT2D eigenvalue weighted by molar-refractivity contribution is 5.98. The van der Waals surface area contributed by atoms with E-state index in [9.17, 15) is 4.79 Å². The summed E-state index contributed by atoms with van der Waals surface area (Å²) in [5, 5.41) is 10.4. The first-order chi connectivity index (χ1) is 7.22. The summed E-state index contributed by atoms with van der Waals surface area (Å²) in [6.07, 6.45) is 1.56. The molecule has 0 saturated carbocycles. The number of nitriles is 1. The molecule has 1 N–H and O–H groups in total. The van der Waals surface area contributed by atoms with Gasteiger partial charge in [0, 0.05) is 0 Å². The molecule has 0 radical (unpaired) electrons. The van der Waals surface area contributed by atoms with Gasteiger partial charge in [0.2, 0.25) is 0 Å². The lowest BCUT2D eigenvalue weighted by Gasteiger charge is -2.08. The van der Waals surface area contributed by atoms with Crippen LogP contribution in [-0.2, 0) is 0 Å². The van der Waals surface area contributed by atoms with Crippen LogP contribution < -0.4 is 14.8 Å². The van der Waals surface area contributed by atoms with Crippen molar-refractivity contribution in [2.75, 3.05) is 14.2 Å². The lowest BCUT2D eigenvalue weighted by molar-refractivity contribution is 0.0969. The third kappa shape index (κ3) is 2.38. The number of ether oxygens (including phenoxy) is 2. The molecule has 1 amide bonds. The maximum absolute atomic E-state index is 11.4. The largest absolute Gasteiger partial charge is 0.497 e.